The predicted molar refractivity (Wildman–Crippen MR) is 71.7 cm³/mol. The molecule has 1 rings (SSSR count). The van der Waals surface area contributed by atoms with Gasteiger partial charge in [-0.25, -0.2) is 0 Å². The van der Waals surface area contributed by atoms with Crippen LogP contribution in [0.1, 0.15) is 63.0 Å². The summed E-state index contributed by atoms with van der Waals surface area (Å²) in [7, 11) is 0. The first-order valence-electron chi connectivity index (χ1n) is 6.77. The zero-order valence-corrected chi connectivity index (χ0v) is 10.8. The van der Waals surface area contributed by atoms with Crippen molar-refractivity contribution < 1.29 is 0 Å². The van der Waals surface area contributed by atoms with E-state index in [0.29, 0.717) is 0 Å². The largest absolute Gasteiger partial charge is 0.192 e. The smallest absolute Gasteiger partial charge is 0.0994 e. The molecule has 0 atom stereocenters. The van der Waals surface area contributed by atoms with Crippen molar-refractivity contribution in [3.05, 3.63) is 35.4 Å². The summed E-state index contributed by atoms with van der Waals surface area (Å²) in [6, 6.07) is 10.9. The lowest BCUT2D eigenvalue weighted by Gasteiger charge is -2.03. The lowest BCUT2D eigenvalue weighted by Crippen LogP contribution is -1.90. The Hall–Kier alpha value is -1.29. The van der Waals surface area contributed by atoms with Crippen LogP contribution in [0.25, 0.3) is 0 Å². The third-order valence-corrected chi connectivity index (χ3v) is 3.12. The summed E-state index contributed by atoms with van der Waals surface area (Å²) in [6.45, 7) is 2.25. The Morgan fingerprint density at radius 2 is 1.82 bits per heavy atom. The molecule has 1 aromatic rings. The van der Waals surface area contributed by atoms with Crippen LogP contribution in [0.3, 0.4) is 0 Å². The van der Waals surface area contributed by atoms with E-state index in [1.54, 1.807) is 6.07 Å². The molecular weight excluding hydrogens is 206 g/mol. The van der Waals surface area contributed by atoms with Gasteiger partial charge < -0.3 is 0 Å². The number of hydrogen-bond acceptors (Lipinski definition) is 1. The van der Waals surface area contributed by atoms with Gasteiger partial charge in [-0.1, -0.05) is 57.6 Å². The molecule has 1 aromatic carbocycles. The molecule has 0 aliphatic carbocycles. The Bertz CT molecular complexity index is 349. The van der Waals surface area contributed by atoms with Crippen LogP contribution < -0.4 is 0 Å². The molecule has 1 radical (unpaired) electrons. The molecule has 0 aliphatic heterocycles. The monoisotopic (exact) mass is 228 g/mol. The Labute approximate surface area is 105 Å². The van der Waals surface area contributed by atoms with Crippen LogP contribution in [0.4, 0.5) is 0 Å². The second-order valence-electron chi connectivity index (χ2n) is 4.57. The summed E-state index contributed by atoms with van der Waals surface area (Å²) >= 11 is 0. The number of hydrogen-bond donors (Lipinski definition) is 0. The fourth-order valence-corrected chi connectivity index (χ4v) is 2.06. The fraction of sp³-hybridized carbons (Fsp3) is 0.562. The van der Waals surface area contributed by atoms with Gasteiger partial charge in [0.25, 0.3) is 0 Å². The lowest BCUT2D eigenvalue weighted by atomic mass is 10.0. The Morgan fingerprint density at radius 1 is 1.12 bits per heavy atom. The number of aryl methyl sites for hydroxylation is 1. The molecular formula is C16H22N. The molecule has 0 spiro atoms. The van der Waals surface area contributed by atoms with Gasteiger partial charge in [-0.15, -0.1) is 0 Å². The number of rotatable bonds is 8. The number of unbranched alkanes of at least 4 members (excludes halogenated alkanes) is 6. The van der Waals surface area contributed by atoms with E-state index in [4.69, 9.17) is 5.26 Å². The van der Waals surface area contributed by atoms with Crippen molar-refractivity contribution in [2.45, 2.75) is 58.3 Å². The van der Waals surface area contributed by atoms with E-state index >= 15 is 0 Å². The maximum absolute atomic E-state index is 8.95. The standard InChI is InChI=1S/C16H22N/c1-2-3-4-5-6-7-8-11-15-12-9-10-13-16(15)14-17/h9,12-13H,2-8,11H2,1H3. The predicted octanol–water partition coefficient (Wildman–Crippen LogP) is 4.65. The summed E-state index contributed by atoms with van der Waals surface area (Å²) in [5.74, 6) is 0. The minimum absolute atomic E-state index is 0.790. The van der Waals surface area contributed by atoms with Gasteiger partial charge in [0.1, 0.15) is 0 Å². The highest BCUT2D eigenvalue weighted by atomic mass is 14.2. The molecule has 1 nitrogen and oxygen atoms in total. The highest BCUT2D eigenvalue weighted by Crippen LogP contribution is 2.13. The van der Waals surface area contributed by atoms with E-state index in [0.717, 1.165) is 12.0 Å². The summed E-state index contributed by atoms with van der Waals surface area (Å²) in [4.78, 5) is 0. The van der Waals surface area contributed by atoms with Gasteiger partial charge in [0.15, 0.2) is 0 Å². The summed E-state index contributed by atoms with van der Waals surface area (Å²) in [6.07, 6.45) is 10.3. The number of benzene rings is 1. The zero-order valence-electron chi connectivity index (χ0n) is 10.8. The molecule has 0 aliphatic rings. The summed E-state index contributed by atoms with van der Waals surface area (Å²) in [5, 5.41) is 8.95. The second-order valence-corrected chi connectivity index (χ2v) is 4.57. The maximum Gasteiger partial charge on any atom is 0.0994 e. The molecule has 0 saturated carbocycles. The van der Waals surface area contributed by atoms with Gasteiger partial charge in [0.2, 0.25) is 0 Å². The average Bonchev–Trinajstić information content (AvgIpc) is 2.38. The number of nitrogens with zero attached hydrogens (tertiary/aromatic N) is 1. The minimum Gasteiger partial charge on any atom is -0.192 e. The SMILES string of the molecule is CCCCCCCCCc1cc[c]cc1C#N. The lowest BCUT2D eigenvalue weighted by molar-refractivity contribution is 0.589. The van der Waals surface area contributed by atoms with Gasteiger partial charge in [0, 0.05) is 0 Å². The summed E-state index contributed by atoms with van der Waals surface area (Å²) in [5.41, 5.74) is 1.97. The fourth-order valence-electron chi connectivity index (χ4n) is 2.06. The first-order valence-corrected chi connectivity index (χ1v) is 6.77. The van der Waals surface area contributed by atoms with Crippen molar-refractivity contribution >= 4 is 0 Å². The second kappa shape index (κ2) is 8.82. The van der Waals surface area contributed by atoms with Crippen molar-refractivity contribution in [3.63, 3.8) is 0 Å². The third-order valence-electron chi connectivity index (χ3n) is 3.12. The van der Waals surface area contributed by atoms with Crippen molar-refractivity contribution in [2.24, 2.45) is 0 Å². The van der Waals surface area contributed by atoms with E-state index < -0.39 is 0 Å². The van der Waals surface area contributed by atoms with Crippen LogP contribution in [0.5, 0.6) is 0 Å². The van der Waals surface area contributed by atoms with E-state index in [1.165, 1.54) is 50.5 Å². The maximum atomic E-state index is 8.95. The van der Waals surface area contributed by atoms with E-state index in [9.17, 15) is 0 Å². The van der Waals surface area contributed by atoms with Crippen molar-refractivity contribution in [2.75, 3.05) is 0 Å². The summed E-state index contributed by atoms with van der Waals surface area (Å²) < 4.78 is 0. The third kappa shape index (κ3) is 5.54. The van der Waals surface area contributed by atoms with Crippen LogP contribution in [0.15, 0.2) is 18.2 Å². The molecule has 0 bridgehead atoms. The zero-order chi connectivity index (χ0) is 12.3. The van der Waals surface area contributed by atoms with Crippen LogP contribution in [0, 0.1) is 17.4 Å². The van der Waals surface area contributed by atoms with Gasteiger partial charge in [-0.2, -0.15) is 5.26 Å². The van der Waals surface area contributed by atoms with Crippen LogP contribution >= 0.6 is 0 Å². The molecule has 0 unspecified atom stereocenters. The first-order chi connectivity index (χ1) is 8.38. The molecule has 91 valence electrons. The van der Waals surface area contributed by atoms with Gasteiger partial charge >= 0.3 is 0 Å². The van der Waals surface area contributed by atoms with Crippen LogP contribution in [-0.4, -0.2) is 0 Å². The Kier molecular flexibility index (Phi) is 7.14. The Balaban J connectivity index is 2.16. The molecule has 0 N–H and O–H groups in total. The van der Waals surface area contributed by atoms with E-state index in [-0.39, 0.29) is 0 Å². The van der Waals surface area contributed by atoms with Gasteiger partial charge in [-0.05, 0) is 30.5 Å². The van der Waals surface area contributed by atoms with Crippen LogP contribution in [-0.2, 0) is 6.42 Å². The van der Waals surface area contributed by atoms with Gasteiger partial charge in [-0.3, -0.25) is 0 Å². The highest BCUT2D eigenvalue weighted by molar-refractivity contribution is 5.36. The average molecular weight is 228 g/mol. The topological polar surface area (TPSA) is 23.8 Å². The normalized spacial score (nSPS) is 10.1. The number of nitriles is 1. The molecule has 0 saturated heterocycles. The molecule has 0 aromatic heterocycles. The van der Waals surface area contributed by atoms with Crippen molar-refractivity contribution in [3.8, 4) is 6.07 Å². The van der Waals surface area contributed by atoms with Crippen molar-refractivity contribution in [1.29, 1.82) is 5.26 Å². The van der Waals surface area contributed by atoms with Crippen LogP contribution in [0.2, 0.25) is 0 Å². The minimum atomic E-state index is 0.790. The van der Waals surface area contributed by atoms with Gasteiger partial charge in [0.05, 0.1) is 11.6 Å². The molecule has 17 heavy (non-hydrogen) atoms. The molecule has 0 heterocycles. The quantitative estimate of drug-likeness (QED) is 0.594. The molecule has 0 amide bonds. The first kappa shape index (κ1) is 13.8. The molecule has 1 heteroatoms. The van der Waals surface area contributed by atoms with Crippen molar-refractivity contribution in [1.82, 2.24) is 0 Å². The highest BCUT2D eigenvalue weighted by Gasteiger charge is 2.00. The van der Waals surface area contributed by atoms with E-state index in [2.05, 4.69) is 19.1 Å². The Morgan fingerprint density at radius 3 is 2.53 bits per heavy atom. The molecule has 0 fully saturated rings. The van der Waals surface area contributed by atoms with E-state index in [1.807, 2.05) is 12.1 Å².